The lowest BCUT2D eigenvalue weighted by atomic mass is 10.0. The summed E-state index contributed by atoms with van der Waals surface area (Å²) in [6, 6.07) is 0. The van der Waals surface area contributed by atoms with E-state index in [4.69, 9.17) is 0 Å². The SMILES string of the molecule is CCCCCCCCCC(C)(C)[SiH2]Br. The summed E-state index contributed by atoms with van der Waals surface area (Å²) in [6.07, 6.45) is 11.5. The minimum absolute atomic E-state index is 0.00684. The van der Waals surface area contributed by atoms with Crippen LogP contribution < -0.4 is 0 Å². The number of hydrogen-bond donors (Lipinski definition) is 0. The Kier molecular flexibility index (Phi) is 9.41. The Hall–Kier alpha value is 0.697. The van der Waals surface area contributed by atoms with Gasteiger partial charge in [0.1, 0.15) is 8.14 Å². The van der Waals surface area contributed by atoms with Crippen LogP contribution in [0, 0.1) is 0 Å². The van der Waals surface area contributed by atoms with Crippen molar-refractivity contribution >= 4 is 23.4 Å². The number of halogens is 1. The molecule has 0 aliphatic heterocycles. The molecule has 14 heavy (non-hydrogen) atoms. The molecule has 0 fully saturated rings. The van der Waals surface area contributed by atoms with Crippen LogP contribution in [0.15, 0.2) is 0 Å². The first-order chi connectivity index (χ1) is 6.62. The fourth-order valence-electron chi connectivity index (χ4n) is 1.63. The summed E-state index contributed by atoms with van der Waals surface area (Å²) in [4.78, 5) is 0. The van der Waals surface area contributed by atoms with Crippen LogP contribution in [-0.4, -0.2) is 8.14 Å². The third-order valence-electron chi connectivity index (χ3n) is 2.82. The Bertz CT molecular complexity index is 123. The zero-order chi connectivity index (χ0) is 10.9. The molecule has 0 amide bonds. The maximum Gasteiger partial charge on any atom is 0.104 e. The topological polar surface area (TPSA) is 0 Å². The minimum Gasteiger partial charge on any atom is -0.135 e. The first-order valence-electron chi connectivity index (χ1n) is 6.18. The van der Waals surface area contributed by atoms with E-state index in [1.807, 2.05) is 0 Å². The van der Waals surface area contributed by atoms with Crippen molar-refractivity contribution in [1.82, 2.24) is 0 Å². The van der Waals surface area contributed by atoms with Crippen molar-refractivity contribution in [2.75, 3.05) is 0 Å². The molecule has 2 heteroatoms. The minimum atomic E-state index is 0.00684. The predicted molar refractivity (Wildman–Crippen MR) is 74.1 cm³/mol. The molecule has 0 aliphatic rings. The molecule has 0 saturated carbocycles. The molecule has 0 bridgehead atoms. The molecule has 0 N–H and O–H groups in total. The maximum atomic E-state index is 3.71. The van der Waals surface area contributed by atoms with Crippen LogP contribution in [0.1, 0.15) is 72.1 Å². The molecule has 0 aromatic rings. The van der Waals surface area contributed by atoms with Crippen LogP contribution in [-0.2, 0) is 0 Å². The van der Waals surface area contributed by atoms with Crippen molar-refractivity contribution in [3.63, 3.8) is 0 Å². The second-order valence-corrected chi connectivity index (χ2v) is 9.03. The summed E-state index contributed by atoms with van der Waals surface area (Å²) in [7, 11) is 0.00684. The zero-order valence-electron chi connectivity index (χ0n) is 10.2. The van der Waals surface area contributed by atoms with Crippen LogP contribution in [0.2, 0.25) is 5.04 Å². The summed E-state index contributed by atoms with van der Waals surface area (Å²) >= 11 is 3.71. The van der Waals surface area contributed by atoms with Crippen molar-refractivity contribution in [3.8, 4) is 0 Å². The van der Waals surface area contributed by atoms with Crippen molar-refractivity contribution in [1.29, 1.82) is 0 Å². The summed E-state index contributed by atoms with van der Waals surface area (Å²) < 4.78 is 0. The molecular formula is C12H27BrSi. The van der Waals surface area contributed by atoms with Gasteiger partial charge in [-0.1, -0.05) is 72.1 Å². The summed E-state index contributed by atoms with van der Waals surface area (Å²) in [5, 5.41) is 0.642. The average Bonchev–Trinajstić information content (AvgIpc) is 2.16. The van der Waals surface area contributed by atoms with E-state index < -0.39 is 0 Å². The standard InChI is InChI=1S/C12H27BrSi/c1-4-5-6-7-8-9-10-11-12(2,3)14-13/h4-11,14H2,1-3H3. The van der Waals surface area contributed by atoms with Gasteiger partial charge >= 0.3 is 0 Å². The molecule has 0 nitrogen and oxygen atoms in total. The summed E-state index contributed by atoms with van der Waals surface area (Å²) in [6.45, 7) is 7.10. The number of hydrogen-bond acceptors (Lipinski definition) is 0. The molecule has 0 aromatic heterocycles. The van der Waals surface area contributed by atoms with E-state index in [-0.39, 0.29) is 8.14 Å². The first kappa shape index (κ1) is 14.7. The summed E-state index contributed by atoms with van der Waals surface area (Å²) in [5.41, 5.74) is 0. The van der Waals surface area contributed by atoms with E-state index in [0.29, 0.717) is 5.04 Å². The molecular weight excluding hydrogens is 252 g/mol. The van der Waals surface area contributed by atoms with Crippen molar-refractivity contribution in [2.24, 2.45) is 0 Å². The molecule has 0 unspecified atom stereocenters. The predicted octanol–water partition coefficient (Wildman–Crippen LogP) is 4.80. The highest BCUT2D eigenvalue weighted by Gasteiger charge is 2.15. The van der Waals surface area contributed by atoms with Gasteiger partial charge in [0.2, 0.25) is 0 Å². The molecule has 0 rings (SSSR count). The smallest absolute Gasteiger partial charge is 0.104 e. The van der Waals surface area contributed by atoms with E-state index in [0.717, 1.165) is 0 Å². The van der Waals surface area contributed by atoms with Gasteiger partial charge in [0, 0.05) is 0 Å². The Morgan fingerprint density at radius 1 is 0.929 bits per heavy atom. The van der Waals surface area contributed by atoms with Crippen LogP contribution >= 0.6 is 15.3 Å². The van der Waals surface area contributed by atoms with Gasteiger partial charge in [-0.05, 0) is 5.04 Å². The molecule has 0 atom stereocenters. The Balaban J connectivity index is 3.13. The zero-order valence-corrected chi connectivity index (χ0v) is 13.2. The largest absolute Gasteiger partial charge is 0.135 e. The highest BCUT2D eigenvalue weighted by atomic mass is 79.9. The quantitative estimate of drug-likeness (QED) is 0.323. The van der Waals surface area contributed by atoms with Crippen molar-refractivity contribution < 1.29 is 0 Å². The third kappa shape index (κ3) is 9.26. The van der Waals surface area contributed by atoms with Gasteiger partial charge in [-0.2, -0.15) is 0 Å². The van der Waals surface area contributed by atoms with Gasteiger partial charge < -0.3 is 0 Å². The maximum absolute atomic E-state index is 3.71. The lowest BCUT2D eigenvalue weighted by molar-refractivity contribution is 0.523. The first-order valence-corrected chi connectivity index (χ1v) is 10.8. The van der Waals surface area contributed by atoms with Crippen molar-refractivity contribution in [3.05, 3.63) is 0 Å². The van der Waals surface area contributed by atoms with Gasteiger partial charge in [0.05, 0.1) is 0 Å². The molecule has 86 valence electrons. The van der Waals surface area contributed by atoms with Crippen LogP contribution in [0.3, 0.4) is 0 Å². The second-order valence-electron chi connectivity index (χ2n) is 5.17. The van der Waals surface area contributed by atoms with E-state index in [9.17, 15) is 0 Å². The monoisotopic (exact) mass is 278 g/mol. The highest BCUT2D eigenvalue weighted by molar-refractivity contribution is 9.23. The van der Waals surface area contributed by atoms with E-state index in [1.54, 1.807) is 0 Å². The Labute approximate surface area is 101 Å². The normalized spacial score (nSPS) is 12.9. The molecule has 0 aliphatic carbocycles. The van der Waals surface area contributed by atoms with Gasteiger partial charge in [0.25, 0.3) is 0 Å². The molecule has 0 radical (unpaired) electrons. The van der Waals surface area contributed by atoms with Gasteiger partial charge in [-0.15, -0.1) is 15.3 Å². The fourth-order valence-corrected chi connectivity index (χ4v) is 2.85. The molecule has 0 heterocycles. The van der Waals surface area contributed by atoms with Gasteiger partial charge in [0.15, 0.2) is 0 Å². The Morgan fingerprint density at radius 3 is 1.93 bits per heavy atom. The van der Waals surface area contributed by atoms with Gasteiger partial charge in [-0.3, -0.25) is 0 Å². The van der Waals surface area contributed by atoms with E-state index in [1.165, 1.54) is 51.4 Å². The molecule has 0 saturated heterocycles. The molecule has 0 aromatic carbocycles. The Morgan fingerprint density at radius 2 is 1.43 bits per heavy atom. The third-order valence-corrected chi connectivity index (χ3v) is 8.45. The fraction of sp³-hybridized carbons (Fsp3) is 1.00. The van der Waals surface area contributed by atoms with Crippen LogP contribution in [0.4, 0.5) is 0 Å². The van der Waals surface area contributed by atoms with E-state index in [2.05, 4.69) is 36.1 Å². The highest BCUT2D eigenvalue weighted by Crippen LogP contribution is 2.31. The second kappa shape index (κ2) is 8.96. The number of unbranched alkanes of at least 4 members (excludes halogenated alkanes) is 6. The number of rotatable bonds is 9. The van der Waals surface area contributed by atoms with Crippen LogP contribution in [0.25, 0.3) is 0 Å². The van der Waals surface area contributed by atoms with Gasteiger partial charge in [-0.25, -0.2) is 0 Å². The lowest BCUT2D eigenvalue weighted by Crippen LogP contribution is -2.07. The van der Waals surface area contributed by atoms with Crippen LogP contribution in [0.5, 0.6) is 0 Å². The lowest BCUT2D eigenvalue weighted by Gasteiger charge is -2.20. The van der Waals surface area contributed by atoms with Crippen molar-refractivity contribution in [2.45, 2.75) is 77.2 Å². The average molecular weight is 279 g/mol. The van der Waals surface area contributed by atoms with E-state index >= 15 is 0 Å². The molecule has 0 spiro atoms. The summed E-state index contributed by atoms with van der Waals surface area (Å²) in [5.74, 6) is 0.